The molecule has 2 bridgehead atoms. The molecule has 3 aromatic rings. The summed E-state index contributed by atoms with van der Waals surface area (Å²) in [5, 5.41) is 15.4. The minimum Gasteiger partial charge on any atom is -0.364 e. The summed E-state index contributed by atoms with van der Waals surface area (Å²) in [6, 6.07) is 6.20. The Bertz CT molecular complexity index is 1440. The molecule has 2 aliphatic carbocycles. The van der Waals surface area contributed by atoms with Crippen LogP contribution in [0.1, 0.15) is 36.2 Å². The van der Waals surface area contributed by atoms with Crippen molar-refractivity contribution in [1.29, 1.82) is 0 Å². The second kappa shape index (κ2) is 9.06. The molecule has 4 unspecified atom stereocenters. The molecule has 3 N–H and O–H groups in total. The molecular formula is C26H26FN7O3. The number of carbonyl (C=O) groups is 3. The van der Waals surface area contributed by atoms with Crippen LogP contribution in [-0.2, 0) is 16.1 Å². The van der Waals surface area contributed by atoms with E-state index in [1.807, 2.05) is 6.07 Å². The number of hydrogen-bond acceptors (Lipinski definition) is 6. The van der Waals surface area contributed by atoms with Crippen molar-refractivity contribution in [3.63, 3.8) is 0 Å². The van der Waals surface area contributed by atoms with Crippen LogP contribution in [0.15, 0.2) is 48.4 Å². The van der Waals surface area contributed by atoms with E-state index in [1.165, 1.54) is 9.58 Å². The lowest BCUT2D eigenvalue weighted by atomic mass is 10.0. The molecule has 3 amide bonds. The van der Waals surface area contributed by atoms with Crippen LogP contribution < -0.4 is 11.1 Å². The minimum atomic E-state index is -1.29. The fourth-order valence-electron chi connectivity index (χ4n) is 5.86. The van der Waals surface area contributed by atoms with Crippen molar-refractivity contribution in [2.75, 3.05) is 6.54 Å². The fourth-order valence-corrected chi connectivity index (χ4v) is 5.86. The first-order chi connectivity index (χ1) is 17.9. The first-order valence-corrected chi connectivity index (χ1v) is 12.4. The highest BCUT2D eigenvalue weighted by atomic mass is 19.1. The molecule has 1 saturated heterocycles. The summed E-state index contributed by atoms with van der Waals surface area (Å²) in [4.78, 5) is 39.8. The third kappa shape index (κ3) is 4.24. The van der Waals surface area contributed by atoms with Crippen LogP contribution in [0.3, 0.4) is 0 Å². The number of likely N-dealkylation sites (tertiary alicyclic amines) is 1. The van der Waals surface area contributed by atoms with E-state index in [9.17, 15) is 18.8 Å². The third-order valence-corrected chi connectivity index (χ3v) is 7.66. The molecule has 0 radical (unpaired) electrons. The van der Waals surface area contributed by atoms with Crippen molar-refractivity contribution in [3.8, 4) is 11.1 Å². The van der Waals surface area contributed by atoms with Crippen LogP contribution in [0.4, 0.5) is 4.39 Å². The minimum absolute atomic E-state index is 0.0222. The molecule has 2 aromatic heterocycles. The van der Waals surface area contributed by atoms with Gasteiger partial charge in [-0.05, 0) is 54.9 Å². The number of primary amides is 1. The summed E-state index contributed by atoms with van der Waals surface area (Å²) in [5.41, 5.74) is 8.60. The topological polar surface area (TPSA) is 136 Å². The van der Waals surface area contributed by atoms with Crippen LogP contribution >= 0.6 is 0 Å². The summed E-state index contributed by atoms with van der Waals surface area (Å²) in [6.45, 7) is -0.424. The smallest absolute Gasteiger partial charge is 0.269 e. The molecule has 6 rings (SSSR count). The Morgan fingerprint density at radius 1 is 1.11 bits per heavy atom. The predicted molar refractivity (Wildman–Crippen MR) is 131 cm³/mol. The van der Waals surface area contributed by atoms with Gasteiger partial charge in [-0.3, -0.25) is 19.1 Å². The van der Waals surface area contributed by atoms with E-state index in [2.05, 4.69) is 26.7 Å². The maximum Gasteiger partial charge on any atom is 0.269 e. The van der Waals surface area contributed by atoms with Gasteiger partial charge in [0.25, 0.3) is 5.91 Å². The van der Waals surface area contributed by atoms with Crippen molar-refractivity contribution in [2.24, 2.45) is 17.6 Å². The van der Waals surface area contributed by atoms with Crippen molar-refractivity contribution in [1.82, 2.24) is 30.2 Å². The molecule has 2 fully saturated rings. The zero-order valence-corrected chi connectivity index (χ0v) is 20.0. The van der Waals surface area contributed by atoms with Gasteiger partial charge in [-0.2, -0.15) is 15.3 Å². The molecule has 0 spiro atoms. The van der Waals surface area contributed by atoms with Crippen molar-refractivity contribution < 1.29 is 18.8 Å². The lowest BCUT2D eigenvalue weighted by molar-refractivity contribution is -0.138. The number of nitrogens with zero attached hydrogens (tertiary/aromatic N) is 5. The molecular weight excluding hydrogens is 477 g/mol. The zero-order valence-electron chi connectivity index (χ0n) is 20.0. The van der Waals surface area contributed by atoms with Gasteiger partial charge in [0.2, 0.25) is 11.8 Å². The SMILES string of the molecule is NC(=O)c1nn(CC(=O)N2CC(F)CC2C(=O)NC2=CC3CCC2C3)c2ccc(-c3ccnnc3)cc12. The highest BCUT2D eigenvalue weighted by molar-refractivity contribution is 6.05. The Hall–Kier alpha value is -4.15. The lowest BCUT2D eigenvalue weighted by Gasteiger charge is -2.25. The summed E-state index contributed by atoms with van der Waals surface area (Å²) >= 11 is 0. The number of carbonyl (C=O) groups excluding carboxylic acids is 3. The van der Waals surface area contributed by atoms with E-state index >= 15 is 0 Å². The van der Waals surface area contributed by atoms with Crippen LogP contribution in [0.2, 0.25) is 0 Å². The third-order valence-electron chi connectivity index (χ3n) is 7.66. The second-order valence-corrected chi connectivity index (χ2v) is 10.0. The van der Waals surface area contributed by atoms with E-state index in [-0.39, 0.29) is 31.1 Å². The normalized spacial score (nSPS) is 24.5. The number of fused-ring (bicyclic) bond motifs is 3. The fraction of sp³-hybridized carbons (Fsp3) is 0.385. The Labute approximate surface area is 211 Å². The van der Waals surface area contributed by atoms with Gasteiger partial charge in [0.15, 0.2) is 5.69 Å². The number of allylic oxidation sites excluding steroid dienone is 2. The van der Waals surface area contributed by atoms with Gasteiger partial charge in [-0.15, -0.1) is 0 Å². The first-order valence-electron chi connectivity index (χ1n) is 12.4. The van der Waals surface area contributed by atoms with Crippen molar-refractivity contribution >= 4 is 28.6 Å². The Morgan fingerprint density at radius 2 is 1.97 bits per heavy atom. The molecule has 1 aromatic carbocycles. The number of aromatic nitrogens is 4. The van der Waals surface area contributed by atoms with E-state index < -0.39 is 24.0 Å². The number of halogens is 1. The van der Waals surface area contributed by atoms with Crippen LogP contribution in [0.25, 0.3) is 22.0 Å². The number of rotatable bonds is 6. The predicted octanol–water partition coefficient (Wildman–Crippen LogP) is 1.96. The second-order valence-electron chi connectivity index (χ2n) is 10.0. The van der Waals surface area contributed by atoms with Crippen molar-refractivity contribution in [2.45, 2.75) is 44.4 Å². The Morgan fingerprint density at radius 3 is 2.68 bits per heavy atom. The van der Waals surface area contributed by atoms with E-state index in [4.69, 9.17) is 5.73 Å². The number of benzene rings is 1. The number of nitrogens with two attached hydrogens (primary N) is 1. The molecule has 1 aliphatic heterocycles. The molecule has 190 valence electrons. The van der Waals surface area contributed by atoms with E-state index in [0.29, 0.717) is 22.7 Å². The summed E-state index contributed by atoms with van der Waals surface area (Å²) in [6.07, 6.45) is 7.14. The van der Waals surface area contributed by atoms with Crippen LogP contribution in [-0.4, -0.2) is 61.4 Å². The maximum atomic E-state index is 14.4. The monoisotopic (exact) mass is 503 g/mol. The summed E-state index contributed by atoms with van der Waals surface area (Å²) in [5.74, 6) is -0.701. The number of alkyl halides is 1. The Balaban J connectivity index is 1.25. The van der Waals surface area contributed by atoms with Crippen LogP contribution in [0.5, 0.6) is 0 Å². The summed E-state index contributed by atoms with van der Waals surface area (Å²) < 4.78 is 15.8. The Kier molecular flexibility index (Phi) is 5.69. The van der Waals surface area contributed by atoms with Gasteiger partial charge in [-0.1, -0.05) is 12.1 Å². The molecule has 3 heterocycles. The van der Waals surface area contributed by atoms with Gasteiger partial charge in [-0.25, -0.2) is 4.39 Å². The largest absolute Gasteiger partial charge is 0.364 e. The number of amides is 3. The zero-order chi connectivity index (χ0) is 25.7. The van der Waals surface area contributed by atoms with Crippen LogP contribution in [0, 0.1) is 11.8 Å². The lowest BCUT2D eigenvalue weighted by Crippen LogP contribution is -2.47. The van der Waals surface area contributed by atoms with Gasteiger partial charge in [0.05, 0.1) is 24.5 Å². The maximum absolute atomic E-state index is 14.4. The summed E-state index contributed by atoms with van der Waals surface area (Å²) in [7, 11) is 0. The molecule has 37 heavy (non-hydrogen) atoms. The average molecular weight is 504 g/mol. The van der Waals surface area contributed by atoms with Gasteiger partial charge < -0.3 is 16.0 Å². The molecule has 10 nitrogen and oxygen atoms in total. The number of nitrogens with one attached hydrogen (secondary N) is 1. The molecule has 11 heteroatoms. The molecule has 4 atom stereocenters. The number of hydrogen-bond donors (Lipinski definition) is 2. The first kappa shape index (κ1) is 23.3. The van der Waals surface area contributed by atoms with Gasteiger partial charge >= 0.3 is 0 Å². The van der Waals surface area contributed by atoms with E-state index in [1.54, 1.807) is 30.6 Å². The molecule has 3 aliphatic rings. The van der Waals surface area contributed by atoms with E-state index in [0.717, 1.165) is 36.1 Å². The van der Waals surface area contributed by atoms with Crippen molar-refractivity contribution in [3.05, 3.63) is 54.1 Å². The quantitative estimate of drug-likeness (QED) is 0.528. The standard InChI is InChI=1S/C26H26FN7O3/c27-18-10-22(26(37)31-20-8-14-1-2-16(20)7-14)33(12-18)23(35)13-34-21-4-3-15(17-5-6-29-30-11-17)9-19(21)24(32-34)25(28)36/h3-6,8-9,11,14,16,18,22H,1-2,7,10,12-13H2,(H2,28,36)(H,31,37). The van der Waals surface area contributed by atoms with Gasteiger partial charge in [0.1, 0.15) is 18.8 Å². The highest BCUT2D eigenvalue weighted by Crippen LogP contribution is 2.42. The molecule has 1 saturated carbocycles. The highest BCUT2D eigenvalue weighted by Gasteiger charge is 2.41. The van der Waals surface area contributed by atoms with Gasteiger partial charge in [0, 0.05) is 23.1 Å². The average Bonchev–Trinajstić information content (AvgIpc) is 3.67.